The zero-order valence-corrected chi connectivity index (χ0v) is 13.7. The molecule has 2 atom stereocenters. The Balaban J connectivity index is 1.94. The van der Waals surface area contributed by atoms with Gasteiger partial charge in [0.2, 0.25) is 0 Å². The molecule has 0 saturated heterocycles. The van der Waals surface area contributed by atoms with Gasteiger partial charge in [0.1, 0.15) is 12.4 Å². The summed E-state index contributed by atoms with van der Waals surface area (Å²) in [4.78, 5) is 0. The van der Waals surface area contributed by atoms with Gasteiger partial charge in [0.05, 0.1) is 6.04 Å². The van der Waals surface area contributed by atoms with Gasteiger partial charge in [0.25, 0.3) is 0 Å². The molecule has 1 N–H and O–H groups in total. The fourth-order valence-electron chi connectivity index (χ4n) is 2.45. The first kappa shape index (κ1) is 17.0. The van der Waals surface area contributed by atoms with Crippen LogP contribution in [0.4, 0.5) is 0 Å². The van der Waals surface area contributed by atoms with Crippen molar-refractivity contribution in [2.45, 2.75) is 32.0 Å². The average molecular weight is 307 g/mol. The summed E-state index contributed by atoms with van der Waals surface area (Å²) < 4.78 is 5.87. The van der Waals surface area contributed by atoms with Crippen molar-refractivity contribution in [1.29, 1.82) is 0 Å². The molecule has 0 amide bonds. The SMILES string of the molecule is C=CCC(N[C@@H](C)c1ccccc1)C(=C)OCc1ccccc1. The van der Waals surface area contributed by atoms with Crippen molar-refractivity contribution in [3.05, 3.63) is 96.8 Å². The fraction of sp³-hybridized carbons (Fsp3) is 0.238. The highest BCUT2D eigenvalue weighted by molar-refractivity contribution is 5.19. The summed E-state index contributed by atoms with van der Waals surface area (Å²) in [5, 5.41) is 3.57. The summed E-state index contributed by atoms with van der Waals surface area (Å²) in [6, 6.07) is 20.8. The standard InChI is InChI=1S/C21H25NO/c1-4-11-21(22-17(2)20-14-9-6-10-15-20)18(3)23-16-19-12-7-5-8-13-19/h4-10,12-15,17,21-22H,1,3,11,16H2,2H3/t17-,21?/m0/s1. The van der Waals surface area contributed by atoms with Crippen molar-refractivity contribution in [2.75, 3.05) is 0 Å². The third kappa shape index (κ3) is 5.42. The predicted octanol–water partition coefficient (Wildman–Crippen LogP) is 5.01. The number of rotatable bonds is 9. The van der Waals surface area contributed by atoms with Gasteiger partial charge in [-0.15, -0.1) is 6.58 Å². The molecule has 23 heavy (non-hydrogen) atoms. The first-order valence-corrected chi connectivity index (χ1v) is 7.98. The molecule has 0 bridgehead atoms. The van der Waals surface area contributed by atoms with Crippen LogP contribution in [-0.2, 0) is 11.3 Å². The minimum atomic E-state index is 0.0476. The van der Waals surface area contributed by atoms with Crippen molar-refractivity contribution in [1.82, 2.24) is 5.32 Å². The molecule has 0 radical (unpaired) electrons. The molecule has 0 aliphatic carbocycles. The van der Waals surface area contributed by atoms with E-state index in [0.29, 0.717) is 6.61 Å². The zero-order valence-electron chi connectivity index (χ0n) is 13.7. The molecule has 2 nitrogen and oxygen atoms in total. The van der Waals surface area contributed by atoms with Crippen molar-refractivity contribution in [3.63, 3.8) is 0 Å². The van der Waals surface area contributed by atoms with Crippen LogP contribution in [0.3, 0.4) is 0 Å². The fourth-order valence-corrected chi connectivity index (χ4v) is 2.45. The third-order valence-electron chi connectivity index (χ3n) is 3.81. The summed E-state index contributed by atoms with van der Waals surface area (Å²) in [6.45, 7) is 10.6. The van der Waals surface area contributed by atoms with Gasteiger partial charge in [0.15, 0.2) is 0 Å². The Morgan fingerprint density at radius 3 is 2.30 bits per heavy atom. The lowest BCUT2D eigenvalue weighted by molar-refractivity contribution is 0.171. The molecule has 0 saturated carbocycles. The van der Waals surface area contributed by atoms with Crippen LogP contribution >= 0.6 is 0 Å². The second-order valence-electron chi connectivity index (χ2n) is 5.62. The van der Waals surface area contributed by atoms with E-state index in [0.717, 1.165) is 17.7 Å². The van der Waals surface area contributed by atoms with E-state index < -0.39 is 0 Å². The molecule has 2 rings (SSSR count). The largest absolute Gasteiger partial charge is 0.492 e. The molecule has 120 valence electrons. The maximum Gasteiger partial charge on any atom is 0.113 e. The van der Waals surface area contributed by atoms with Crippen molar-refractivity contribution in [2.24, 2.45) is 0 Å². The number of hydrogen-bond acceptors (Lipinski definition) is 2. The van der Waals surface area contributed by atoms with Crippen LogP contribution in [0.2, 0.25) is 0 Å². The summed E-state index contributed by atoms with van der Waals surface area (Å²) in [7, 11) is 0. The van der Waals surface area contributed by atoms with Gasteiger partial charge in [0, 0.05) is 6.04 Å². The molecule has 0 aliphatic rings. The van der Waals surface area contributed by atoms with E-state index in [4.69, 9.17) is 4.74 Å². The highest BCUT2D eigenvalue weighted by Gasteiger charge is 2.16. The van der Waals surface area contributed by atoms with E-state index in [2.05, 4.69) is 61.8 Å². The lowest BCUT2D eigenvalue weighted by atomic mass is 10.1. The van der Waals surface area contributed by atoms with E-state index in [1.807, 2.05) is 30.3 Å². The number of hydrogen-bond donors (Lipinski definition) is 1. The number of nitrogens with one attached hydrogen (secondary N) is 1. The predicted molar refractivity (Wildman–Crippen MR) is 97.0 cm³/mol. The van der Waals surface area contributed by atoms with Crippen LogP contribution in [0.25, 0.3) is 0 Å². The second-order valence-corrected chi connectivity index (χ2v) is 5.62. The Kier molecular flexibility index (Phi) is 6.64. The maximum absolute atomic E-state index is 5.87. The van der Waals surface area contributed by atoms with Crippen molar-refractivity contribution in [3.8, 4) is 0 Å². The zero-order chi connectivity index (χ0) is 16.5. The average Bonchev–Trinajstić information content (AvgIpc) is 2.61. The van der Waals surface area contributed by atoms with Crippen molar-refractivity contribution >= 4 is 0 Å². The lowest BCUT2D eigenvalue weighted by Gasteiger charge is -2.24. The molecule has 0 fully saturated rings. The minimum absolute atomic E-state index is 0.0476. The second kappa shape index (κ2) is 8.96. The van der Waals surface area contributed by atoms with E-state index >= 15 is 0 Å². The third-order valence-corrected chi connectivity index (χ3v) is 3.81. The Morgan fingerprint density at radius 1 is 1.09 bits per heavy atom. The quantitative estimate of drug-likeness (QED) is 0.519. The van der Waals surface area contributed by atoms with Crippen LogP contribution in [0, 0.1) is 0 Å². The molecule has 0 aromatic heterocycles. The summed E-state index contributed by atoms with van der Waals surface area (Å²) >= 11 is 0. The highest BCUT2D eigenvalue weighted by Crippen LogP contribution is 2.17. The maximum atomic E-state index is 5.87. The van der Waals surface area contributed by atoms with E-state index in [9.17, 15) is 0 Å². The Morgan fingerprint density at radius 2 is 1.70 bits per heavy atom. The molecular weight excluding hydrogens is 282 g/mol. The molecule has 0 spiro atoms. The summed E-state index contributed by atoms with van der Waals surface area (Å²) in [5.41, 5.74) is 2.39. The van der Waals surface area contributed by atoms with Gasteiger partial charge in [-0.2, -0.15) is 0 Å². The smallest absolute Gasteiger partial charge is 0.113 e. The molecule has 0 aliphatic heterocycles. The lowest BCUT2D eigenvalue weighted by Crippen LogP contribution is -2.33. The topological polar surface area (TPSA) is 21.3 Å². The normalized spacial score (nSPS) is 13.1. The van der Waals surface area contributed by atoms with Gasteiger partial charge in [-0.3, -0.25) is 0 Å². The van der Waals surface area contributed by atoms with E-state index in [1.54, 1.807) is 0 Å². The first-order valence-electron chi connectivity index (χ1n) is 7.98. The molecular formula is C21H25NO. The molecule has 1 unspecified atom stereocenters. The minimum Gasteiger partial charge on any atom is -0.492 e. The summed E-state index contributed by atoms with van der Waals surface area (Å²) in [6.07, 6.45) is 2.68. The Bertz CT molecular complexity index is 606. The van der Waals surface area contributed by atoms with E-state index in [1.165, 1.54) is 5.56 Å². The first-order chi connectivity index (χ1) is 11.2. The molecule has 0 heterocycles. The molecule has 2 aromatic carbocycles. The number of benzene rings is 2. The van der Waals surface area contributed by atoms with Crippen LogP contribution in [0.15, 0.2) is 85.7 Å². The van der Waals surface area contributed by atoms with Crippen LogP contribution in [-0.4, -0.2) is 6.04 Å². The summed E-state index contributed by atoms with van der Waals surface area (Å²) in [5.74, 6) is 0.747. The van der Waals surface area contributed by atoms with Gasteiger partial charge < -0.3 is 10.1 Å². The van der Waals surface area contributed by atoms with Crippen molar-refractivity contribution < 1.29 is 4.74 Å². The Hall–Kier alpha value is -2.32. The molecule has 2 heteroatoms. The van der Waals surface area contributed by atoms with Gasteiger partial charge in [-0.25, -0.2) is 0 Å². The van der Waals surface area contributed by atoms with Crippen LogP contribution < -0.4 is 5.32 Å². The van der Waals surface area contributed by atoms with E-state index in [-0.39, 0.29) is 12.1 Å². The van der Waals surface area contributed by atoms with Crippen LogP contribution in [0.1, 0.15) is 30.5 Å². The number of ether oxygens (including phenoxy) is 1. The monoisotopic (exact) mass is 307 g/mol. The Labute approximate surface area is 139 Å². The van der Waals surface area contributed by atoms with Gasteiger partial charge in [-0.05, 0) is 24.5 Å². The van der Waals surface area contributed by atoms with Gasteiger partial charge >= 0.3 is 0 Å². The van der Waals surface area contributed by atoms with Gasteiger partial charge in [-0.1, -0.05) is 73.3 Å². The van der Waals surface area contributed by atoms with Crippen LogP contribution in [0.5, 0.6) is 0 Å². The molecule has 2 aromatic rings. The highest BCUT2D eigenvalue weighted by atomic mass is 16.5.